The van der Waals surface area contributed by atoms with E-state index >= 15 is 0 Å². The third-order valence-electron chi connectivity index (χ3n) is 4.33. The number of fused-ring (bicyclic) bond motifs is 1. The van der Waals surface area contributed by atoms with Gasteiger partial charge in [0.1, 0.15) is 12.7 Å². The highest BCUT2D eigenvalue weighted by atomic mass is 35.5. The second-order valence-electron chi connectivity index (χ2n) is 5.74. The molecule has 0 N–H and O–H groups in total. The number of hydrogen-bond acceptors (Lipinski definition) is 4. The van der Waals surface area contributed by atoms with Crippen molar-refractivity contribution in [3.63, 3.8) is 0 Å². The summed E-state index contributed by atoms with van der Waals surface area (Å²) in [4.78, 5) is 2.38. The fourth-order valence-electron chi connectivity index (χ4n) is 3.07. The number of hydrogen-bond donors (Lipinski definition) is 0. The summed E-state index contributed by atoms with van der Waals surface area (Å²) in [6.07, 6.45) is 7.72. The van der Waals surface area contributed by atoms with Gasteiger partial charge in [-0.05, 0) is 51.2 Å². The highest BCUT2D eigenvalue weighted by Crippen LogP contribution is 2.26. The van der Waals surface area contributed by atoms with Crippen molar-refractivity contribution in [3.8, 4) is 5.69 Å². The van der Waals surface area contributed by atoms with Crippen LogP contribution in [0.2, 0.25) is 0 Å². The van der Waals surface area contributed by atoms with E-state index in [2.05, 4.69) is 50.1 Å². The van der Waals surface area contributed by atoms with Crippen LogP contribution < -0.4 is 0 Å². The van der Waals surface area contributed by atoms with E-state index in [1.54, 1.807) is 12.7 Å². The van der Waals surface area contributed by atoms with Gasteiger partial charge in [-0.3, -0.25) is 9.25 Å². The number of piperidine rings is 1. The molecule has 0 spiro atoms. The van der Waals surface area contributed by atoms with Crippen molar-refractivity contribution in [1.29, 1.82) is 0 Å². The van der Waals surface area contributed by atoms with Gasteiger partial charge in [0.15, 0.2) is 0 Å². The lowest BCUT2D eigenvalue weighted by atomic mass is 10.1. The van der Waals surface area contributed by atoms with Crippen LogP contribution in [0.1, 0.15) is 18.9 Å². The quantitative estimate of drug-likeness (QED) is 0.709. The minimum absolute atomic E-state index is 0. The molecule has 6 nitrogen and oxygen atoms in total. The number of rotatable bonds is 2. The normalized spacial score (nSPS) is 16.0. The Morgan fingerprint density at radius 3 is 2.43 bits per heavy atom. The van der Waals surface area contributed by atoms with Gasteiger partial charge >= 0.3 is 0 Å². The van der Waals surface area contributed by atoms with Gasteiger partial charge in [0.05, 0.1) is 17.8 Å². The van der Waals surface area contributed by atoms with E-state index < -0.39 is 0 Å². The van der Waals surface area contributed by atoms with Crippen molar-refractivity contribution in [2.45, 2.75) is 18.9 Å². The maximum Gasteiger partial charge on any atom is 0.123 e. The number of nitrogens with zero attached hydrogens (tertiary/aromatic N) is 6. The fourth-order valence-corrected chi connectivity index (χ4v) is 3.07. The Bertz CT molecular complexity index is 747. The van der Waals surface area contributed by atoms with Crippen LogP contribution in [-0.2, 0) is 0 Å². The van der Waals surface area contributed by atoms with E-state index in [9.17, 15) is 0 Å². The fraction of sp³-hybridized carbons (Fsp3) is 0.400. The third-order valence-corrected chi connectivity index (χ3v) is 4.33. The molecule has 3 aromatic rings. The molecule has 0 unspecified atom stereocenters. The molecule has 4 rings (SSSR count). The molecule has 1 aliphatic heterocycles. The maximum absolute atomic E-state index is 4.62. The van der Waals surface area contributed by atoms with Gasteiger partial charge in [0.25, 0.3) is 0 Å². The lowest BCUT2D eigenvalue weighted by Gasteiger charge is -2.29. The van der Waals surface area contributed by atoms with Crippen molar-refractivity contribution in [1.82, 2.24) is 29.4 Å². The predicted octanol–water partition coefficient (Wildman–Crippen LogP) is 2.73. The summed E-state index contributed by atoms with van der Waals surface area (Å²) in [6, 6.07) is 6.89. The molecule has 0 aliphatic carbocycles. The molecule has 1 fully saturated rings. The monoisotopic (exact) mass is 354 g/mol. The third kappa shape index (κ3) is 3.34. The Morgan fingerprint density at radius 1 is 1.04 bits per heavy atom. The zero-order valence-corrected chi connectivity index (χ0v) is 14.5. The molecule has 3 heterocycles. The van der Waals surface area contributed by atoms with E-state index in [-0.39, 0.29) is 24.8 Å². The molecule has 23 heavy (non-hydrogen) atoms. The summed E-state index contributed by atoms with van der Waals surface area (Å²) < 4.78 is 4.10. The summed E-state index contributed by atoms with van der Waals surface area (Å²) >= 11 is 0. The predicted molar refractivity (Wildman–Crippen MR) is 94.9 cm³/mol. The zero-order valence-electron chi connectivity index (χ0n) is 12.9. The Balaban J connectivity index is 0.000000960. The smallest absolute Gasteiger partial charge is 0.123 e. The van der Waals surface area contributed by atoms with Gasteiger partial charge in [-0.2, -0.15) is 5.10 Å². The standard InChI is InChI=1S/C15H18N6.2ClH/c1-19-6-4-13(5-7-19)21-15-3-2-14(8-12(15)9-18-21)20-10-16-17-11-20;;/h2-3,8-11,13H,4-7H2,1H3;2*1H. The molecule has 0 radical (unpaired) electrons. The number of aromatic nitrogens is 5. The molecule has 0 saturated carbocycles. The first-order chi connectivity index (χ1) is 10.3. The van der Waals surface area contributed by atoms with Crippen molar-refractivity contribution < 1.29 is 0 Å². The molecule has 0 bridgehead atoms. The number of benzene rings is 1. The van der Waals surface area contributed by atoms with Gasteiger partial charge in [-0.1, -0.05) is 0 Å². The molecule has 1 aliphatic rings. The molecule has 1 saturated heterocycles. The van der Waals surface area contributed by atoms with Crippen molar-refractivity contribution in [2.24, 2.45) is 0 Å². The lowest BCUT2D eigenvalue weighted by Crippen LogP contribution is -2.31. The van der Waals surface area contributed by atoms with Crippen LogP contribution in [0.5, 0.6) is 0 Å². The molecular formula is C15H20Cl2N6. The lowest BCUT2D eigenvalue weighted by molar-refractivity contribution is 0.215. The van der Waals surface area contributed by atoms with Gasteiger partial charge in [0, 0.05) is 11.1 Å². The highest BCUT2D eigenvalue weighted by molar-refractivity contribution is 5.85. The van der Waals surface area contributed by atoms with Crippen molar-refractivity contribution in [3.05, 3.63) is 37.1 Å². The second kappa shape index (κ2) is 7.29. The SMILES string of the molecule is CN1CCC(n2ncc3cc(-n4cnnc4)ccc32)CC1.Cl.Cl. The second-order valence-corrected chi connectivity index (χ2v) is 5.74. The Morgan fingerprint density at radius 2 is 1.74 bits per heavy atom. The molecule has 0 amide bonds. The average molecular weight is 355 g/mol. The summed E-state index contributed by atoms with van der Waals surface area (Å²) in [5.41, 5.74) is 2.27. The maximum atomic E-state index is 4.62. The van der Waals surface area contributed by atoms with Crippen LogP contribution in [-0.4, -0.2) is 49.6 Å². The van der Waals surface area contributed by atoms with Gasteiger partial charge in [-0.25, -0.2) is 0 Å². The van der Waals surface area contributed by atoms with E-state index in [1.165, 1.54) is 23.7 Å². The summed E-state index contributed by atoms with van der Waals surface area (Å²) in [7, 11) is 2.18. The summed E-state index contributed by atoms with van der Waals surface area (Å²) in [5, 5.41) is 13.5. The highest BCUT2D eigenvalue weighted by Gasteiger charge is 2.20. The zero-order chi connectivity index (χ0) is 14.2. The van der Waals surface area contributed by atoms with Crippen LogP contribution >= 0.6 is 24.8 Å². The van der Waals surface area contributed by atoms with Crippen LogP contribution in [0.15, 0.2) is 37.1 Å². The topological polar surface area (TPSA) is 51.8 Å². The minimum Gasteiger partial charge on any atom is -0.306 e. The van der Waals surface area contributed by atoms with Crippen LogP contribution in [0, 0.1) is 0 Å². The first-order valence-electron chi connectivity index (χ1n) is 7.32. The first kappa shape index (κ1) is 17.7. The van der Waals surface area contributed by atoms with E-state index in [0.717, 1.165) is 18.8 Å². The van der Waals surface area contributed by atoms with Gasteiger partial charge < -0.3 is 4.90 Å². The molecule has 8 heteroatoms. The van der Waals surface area contributed by atoms with E-state index in [4.69, 9.17) is 0 Å². The Hall–Kier alpha value is -1.63. The van der Waals surface area contributed by atoms with Crippen molar-refractivity contribution >= 4 is 35.7 Å². The molecule has 124 valence electrons. The summed E-state index contributed by atoms with van der Waals surface area (Å²) in [5.74, 6) is 0. The molecule has 1 aromatic carbocycles. The number of likely N-dealkylation sites (tertiary alicyclic amines) is 1. The van der Waals surface area contributed by atoms with Crippen LogP contribution in [0.4, 0.5) is 0 Å². The van der Waals surface area contributed by atoms with Crippen LogP contribution in [0.3, 0.4) is 0 Å². The van der Waals surface area contributed by atoms with Gasteiger partial charge in [0.2, 0.25) is 0 Å². The van der Waals surface area contributed by atoms with E-state index in [1.807, 2.05) is 10.8 Å². The van der Waals surface area contributed by atoms with Crippen LogP contribution in [0.25, 0.3) is 16.6 Å². The molecule has 2 aromatic heterocycles. The number of halogens is 2. The largest absolute Gasteiger partial charge is 0.306 e. The minimum atomic E-state index is 0. The van der Waals surface area contributed by atoms with Crippen molar-refractivity contribution in [2.75, 3.05) is 20.1 Å². The molecular weight excluding hydrogens is 335 g/mol. The van der Waals surface area contributed by atoms with Gasteiger partial charge in [-0.15, -0.1) is 35.0 Å². The average Bonchev–Trinajstić information content (AvgIpc) is 3.17. The van der Waals surface area contributed by atoms with E-state index in [0.29, 0.717) is 6.04 Å². The first-order valence-corrected chi connectivity index (χ1v) is 7.32. The summed E-state index contributed by atoms with van der Waals surface area (Å²) in [6.45, 7) is 2.29. The Kier molecular flexibility index (Phi) is 5.62. The Labute approximate surface area is 147 Å². The molecule has 0 atom stereocenters.